The van der Waals surface area contributed by atoms with Crippen molar-refractivity contribution < 1.29 is 4.74 Å². The maximum absolute atomic E-state index is 12.4. The van der Waals surface area contributed by atoms with E-state index in [1.807, 2.05) is 55.5 Å². The fraction of sp³-hybridized carbons (Fsp3) is 0.105. The van der Waals surface area contributed by atoms with Crippen LogP contribution in [0.2, 0.25) is 0 Å². The zero-order valence-electron chi connectivity index (χ0n) is 12.9. The number of fused-ring (bicyclic) bond motifs is 3. The Morgan fingerprint density at radius 3 is 2.48 bits per heavy atom. The Hall–Kier alpha value is -3.01. The van der Waals surface area contributed by atoms with Gasteiger partial charge in [-0.1, -0.05) is 30.3 Å². The molecule has 0 bridgehead atoms. The van der Waals surface area contributed by atoms with Crippen LogP contribution in [0.5, 0.6) is 5.75 Å². The van der Waals surface area contributed by atoms with E-state index in [0.717, 1.165) is 38.8 Å². The summed E-state index contributed by atoms with van der Waals surface area (Å²) in [6.07, 6.45) is 0. The first-order valence-corrected chi connectivity index (χ1v) is 7.47. The van der Waals surface area contributed by atoms with Crippen LogP contribution in [0.3, 0.4) is 0 Å². The molecule has 0 aliphatic rings. The summed E-state index contributed by atoms with van der Waals surface area (Å²) >= 11 is 0. The molecule has 114 valence electrons. The topological polar surface area (TPSA) is 57.9 Å². The van der Waals surface area contributed by atoms with Gasteiger partial charge in [-0.05, 0) is 30.7 Å². The zero-order chi connectivity index (χ0) is 16.0. The van der Waals surface area contributed by atoms with Gasteiger partial charge in [-0.15, -0.1) is 0 Å². The van der Waals surface area contributed by atoms with Crippen molar-refractivity contribution in [2.75, 3.05) is 7.11 Å². The average Bonchev–Trinajstić information content (AvgIpc) is 2.93. The van der Waals surface area contributed by atoms with Crippen molar-refractivity contribution in [2.45, 2.75) is 6.92 Å². The maximum Gasteiger partial charge on any atom is 0.252 e. The van der Waals surface area contributed by atoms with Gasteiger partial charge < -0.3 is 14.7 Å². The predicted octanol–water partition coefficient (Wildman–Crippen LogP) is 3.99. The number of hydrogen-bond donors (Lipinski definition) is 2. The molecule has 2 N–H and O–H groups in total. The summed E-state index contributed by atoms with van der Waals surface area (Å²) in [5.41, 5.74) is 5.34. The highest BCUT2D eigenvalue weighted by Gasteiger charge is 2.15. The molecule has 4 aromatic rings. The normalized spacial score (nSPS) is 11.2. The molecule has 0 saturated heterocycles. The molecule has 0 unspecified atom stereocenters. The monoisotopic (exact) mass is 304 g/mol. The number of aromatic amines is 2. The van der Waals surface area contributed by atoms with Gasteiger partial charge in [-0.2, -0.15) is 0 Å². The summed E-state index contributed by atoms with van der Waals surface area (Å²) in [4.78, 5) is 18.9. The van der Waals surface area contributed by atoms with E-state index in [2.05, 4.69) is 9.97 Å². The van der Waals surface area contributed by atoms with Gasteiger partial charge in [0.2, 0.25) is 0 Å². The van der Waals surface area contributed by atoms with Gasteiger partial charge in [0.05, 0.1) is 18.1 Å². The molecule has 0 radical (unpaired) electrons. The van der Waals surface area contributed by atoms with Gasteiger partial charge in [0.25, 0.3) is 5.56 Å². The molecule has 23 heavy (non-hydrogen) atoms. The van der Waals surface area contributed by atoms with Crippen molar-refractivity contribution in [3.8, 4) is 16.9 Å². The van der Waals surface area contributed by atoms with E-state index in [0.29, 0.717) is 5.56 Å². The first kappa shape index (κ1) is 13.6. The lowest BCUT2D eigenvalue weighted by atomic mass is 10.0. The second kappa shape index (κ2) is 5.02. The largest absolute Gasteiger partial charge is 0.497 e. The number of pyridine rings is 1. The van der Waals surface area contributed by atoms with E-state index in [-0.39, 0.29) is 5.56 Å². The number of nitrogens with one attached hydrogen (secondary N) is 2. The summed E-state index contributed by atoms with van der Waals surface area (Å²) in [5.74, 6) is 0.765. The lowest BCUT2D eigenvalue weighted by Crippen LogP contribution is -2.10. The molecule has 0 atom stereocenters. The second-order valence-electron chi connectivity index (χ2n) is 5.61. The predicted molar refractivity (Wildman–Crippen MR) is 93.2 cm³/mol. The minimum atomic E-state index is -0.0694. The van der Waals surface area contributed by atoms with E-state index >= 15 is 0 Å². The molecule has 0 amide bonds. The summed E-state index contributed by atoms with van der Waals surface area (Å²) in [6.45, 7) is 1.85. The van der Waals surface area contributed by atoms with Gasteiger partial charge in [0, 0.05) is 22.0 Å². The number of hydrogen-bond acceptors (Lipinski definition) is 2. The molecule has 0 spiro atoms. The highest BCUT2D eigenvalue weighted by Crippen LogP contribution is 2.33. The van der Waals surface area contributed by atoms with Crippen LogP contribution in [0.25, 0.3) is 33.1 Å². The number of methoxy groups -OCH3 is 1. The molecular formula is C19H16N2O2. The van der Waals surface area contributed by atoms with Crippen LogP contribution in [0, 0.1) is 6.92 Å². The quantitative estimate of drug-likeness (QED) is 0.588. The Morgan fingerprint density at radius 2 is 1.74 bits per heavy atom. The first-order chi connectivity index (χ1) is 11.2. The lowest BCUT2D eigenvalue weighted by molar-refractivity contribution is 0.415. The molecule has 0 aliphatic carbocycles. The summed E-state index contributed by atoms with van der Waals surface area (Å²) in [5, 5.41) is 0.952. The van der Waals surface area contributed by atoms with Gasteiger partial charge in [-0.25, -0.2) is 0 Å². The minimum Gasteiger partial charge on any atom is -0.497 e. The number of ether oxygens (including phenoxy) is 1. The molecule has 4 rings (SSSR count). The van der Waals surface area contributed by atoms with Crippen LogP contribution in [0.15, 0.2) is 53.3 Å². The van der Waals surface area contributed by atoms with Crippen molar-refractivity contribution in [3.63, 3.8) is 0 Å². The van der Waals surface area contributed by atoms with E-state index in [4.69, 9.17) is 4.74 Å². The Morgan fingerprint density at radius 1 is 0.957 bits per heavy atom. The lowest BCUT2D eigenvalue weighted by Gasteiger charge is -2.07. The number of rotatable bonds is 2. The Bertz CT molecular complexity index is 1080. The molecule has 2 aromatic carbocycles. The molecule has 2 heterocycles. The molecule has 0 saturated carbocycles. The van der Waals surface area contributed by atoms with Gasteiger partial charge >= 0.3 is 0 Å². The molecule has 2 aromatic heterocycles. The summed E-state index contributed by atoms with van der Waals surface area (Å²) in [6, 6.07) is 15.8. The van der Waals surface area contributed by atoms with Crippen LogP contribution in [0.1, 0.15) is 5.56 Å². The van der Waals surface area contributed by atoms with E-state index in [1.165, 1.54) is 0 Å². The third kappa shape index (κ3) is 2.03. The van der Waals surface area contributed by atoms with Crippen LogP contribution < -0.4 is 10.3 Å². The fourth-order valence-corrected chi connectivity index (χ4v) is 3.09. The Balaban J connectivity index is 2.17. The second-order valence-corrected chi connectivity index (χ2v) is 5.61. The van der Waals surface area contributed by atoms with Gasteiger partial charge in [-0.3, -0.25) is 4.79 Å². The SMILES string of the molecule is COc1ccc2[nH]c3c(-c4ccccc4)c(C)c(=O)[nH]c3c2c1. The summed E-state index contributed by atoms with van der Waals surface area (Å²) < 4.78 is 5.30. The highest BCUT2D eigenvalue weighted by molar-refractivity contribution is 6.10. The smallest absolute Gasteiger partial charge is 0.252 e. The fourth-order valence-electron chi connectivity index (χ4n) is 3.09. The van der Waals surface area contributed by atoms with Crippen molar-refractivity contribution in [2.24, 2.45) is 0 Å². The maximum atomic E-state index is 12.4. The van der Waals surface area contributed by atoms with Crippen LogP contribution >= 0.6 is 0 Å². The van der Waals surface area contributed by atoms with Gasteiger partial charge in [0.1, 0.15) is 5.75 Å². The molecule has 0 aliphatic heterocycles. The molecule has 4 nitrogen and oxygen atoms in total. The average molecular weight is 304 g/mol. The highest BCUT2D eigenvalue weighted by atomic mass is 16.5. The first-order valence-electron chi connectivity index (χ1n) is 7.47. The van der Waals surface area contributed by atoms with Crippen molar-refractivity contribution >= 4 is 21.9 Å². The summed E-state index contributed by atoms with van der Waals surface area (Å²) in [7, 11) is 1.64. The number of benzene rings is 2. The molecule has 4 heteroatoms. The van der Waals surface area contributed by atoms with Crippen LogP contribution in [-0.4, -0.2) is 17.1 Å². The van der Waals surface area contributed by atoms with Crippen molar-refractivity contribution in [1.29, 1.82) is 0 Å². The molecule has 0 fully saturated rings. The number of aromatic nitrogens is 2. The minimum absolute atomic E-state index is 0.0694. The Kier molecular flexibility index (Phi) is 2.98. The van der Waals surface area contributed by atoms with Gasteiger partial charge in [0.15, 0.2) is 0 Å². The van der Waals surface area contributed by atoms with Crippen LogP contribution in [-0.2, 0) is 0 Å². The van der Waals surface area contributed by atoms with E-state index < -0.39 is 0 Å². The Labute approximate surface area is 132 Å². The van der Waals surface area contributed by atoms with E-state index in [9.17, 15) is 4.79 Å². The third-order valence-electron chi connectivity index (χ3n) is 4.27. The third-order valence-corrected chi connectivity index (χ3v) is 4.27. The van der Waals surface area contributed by atoms with Crippen molar-refractivity contribution in [3.05, 3.63) is 64.4 Å². The van der Waals surface area contributed by atoms with Crippen molar-refractivity contribution in [1.82, 2.24) is 9.97 Å². The molecular weight excluding hydrogens is 288 g/mol. The number of H-pyrrole nitrogens is 2. The van der Waals surface area contributed by atoms with E-state index in [1.54, 1.807) is 7.11 Å². The van der Waals surface area contributed by atoms with Crippen LogP contribution in [0.4, 0.5) is 0 Å². The zero-order valence-corrected chi connectivity index (χ0v) is 12.9. The standard InChI is InChI=1S/C19H16N2O2/c1-11-16(12-6-4-3-5-7-12)18-17(21-19(11)22)14-10-13(23-2)8-9-15(14)20-18/h3-10,20H,1-2H3,(H,21,22).